The van der Waals surface area contributed by atoms with Crippen LogP contribution in [0, 0.1) is 13.8 Å². The number of rotatable bonds is 2. The van der Waals surface area contributed by atoms with Gasteiger partial charge in [0.1, 0.15) is 5.76 Å². The highest BCUT2D eigenvalue weighted by atomic mass is 16.3. The van der Waals surface area contributed by atoms with Crippen LogP contribution in [0.2, 0.25) is 0 Å². The molecule has 4 aliphatic heterocycles. The molecule has 0 saturated carbocycles. The Hall–Kier alpha value is -3.94. The quantitative estimate of drug-likeness (QED) is 0.480. The highest BCUT2D eigenvalue weighted by Gasteiger charge is 2.38. The highest BCUT2D eigenvalue weighted by Crippen LogP contribution is 2.42. The molecule has 5 aliphatic rings. The summed E-state index contributed by atoms with van der Waals surface area (Å²) in [6, 6.07) is 7.70. The van der Waals surface area contributed by atoms with Crippen LogP contribution in [0.3, 0.4) is 0 Å². The van der Waals surface area contributed by atoms with Crippen LogP contribution in [0.25, 0.3) is 11.1 Å². The number of hydrogen-bond acceptors (Lipinski definition) is 6. The Kier molecular flexibility index (Phi) is 8.87. The standard InChI is InChI=1S/C36H44N4O4/c1-23-19-25-27(21-29(23)39-15-9-10-16-39)37-31(41)13-7-5-3-4-6-8-14-32(42)38-28-22-30(40-17-11-12-18-40)24(2)20-26(28)34-35(43)33(25)36(34)44/h19-22,43H,3-18H2,1-2H3,(H,37,41). The molecule has 7 rings (SSSR count). The van der Waals surface area contributed by atoms with Crippen molar-refractivity contribution in [1.82, 2.24) is 0 Å². The van der Waals surface area contributed by atoms with Gasteiger partial charge in [-0.3, -0.25) is 14.4 Å². The van der Waals surface area contributed by atoms with Gasteiger partial charge >= 0.3 is 0 Å². The molecule has 2 fully saturated rings. The van der Waals surface area contributed by atoms with E-state index in [9.17, 15) is 19.5 Å². The maximum absolute atomic E-state index is 14.0. The van der Waals surface area contributed by atoms with Gasteiger partial charge in [-0.1, -0.05) is 25.7 Å². The second-order valence-electron chi connectivity index (χ2n) is 12.8. The number of nitrogens with one attached hydrogen (secondary N) is 1. The van der Waals surface area contributed by atoms with E-state index < -0.39 is 0 Å². The summed E-state index contributed by atoms with van der Waals surface area (Å²) in [7, 11) is 0. The normalized spacial score (nSPS) is 20.3. The Morgan fingerprint density at radius 1 is 0.682 bits per heavy atom. The van der Waals surface area contributed by atoms with Crippen LogP contribution < -0.4 is 25.7 Å². The molecule has 2 bridgehead atoms. The van der Waals surface area contributed by atoms with Gasteiger partial charge in [-0.2, -0.15) is 0 Å². The monoisotopic (exact) mass is 596 g/mol. The second kappa shape index (κ2) is 13.0. The first-order chi connectivity index (χ1) is 21.3. The van der Waals surface area contributed by atoms with E-state index >= 15 is 0 Å². The lowest BCUT2D eigenvalue weighted by molar-refractivity contribution is -0.118. The van der Waals surface area contributed by atoms with Crippen LogP contribution in [0.1, 0.15) is 93.7 Å². The fourth-order valence-corrected chi connectivity index (χ4v) is 7.16. The van der Waals surface area contributed by atoms with Gasteiger partial charge in [0.05, 0.1) is 22.2 Å². The number of amides is 2. The van der Waals surface area contributed by atoms with Gasteiger partial charge in [-0.15, -0.1) is 0 Å². The Labute approximate surface area is 259 Å². The smallest absolute Gasteiger partial charge is 0.246 e. The van der Waals surface area contributed by atoms with Gasteiger partial charge in [-0.25, -0.2) is 4.99 Å². The van der Waals surface area contributed by atoms with Crippen molar-refractivity contribution in [2.24, 2.45) is 4.99 Å². The fourth-order valence-electron chi connectivity index (χ4n) is 7.16. The van der Waals surface area contributed by atoms with E-state index in [4.69, 9.17) is 0 Å². The average Bonchev–Trinajstić information content (AvgIpc) is 3.72. The zero-order chi connectivity index (χ0) is 30.8. The Balaban J connectivity index is 1.52. The molecular formula is C36H44N4O4. The summed E-state index contributed by atoms with van der Waals surface area (Å²) in [5.74, 6) is -0.714. The van der Waals surface area contributed by atoms with E-state index in [1.54, 1.807) is 0 Å². The molecule has 2 N–H and O–H groups in total. The Bertz CT molecular complexity index is 1640. The largest absolute Gasteiger partial charge is 0.506 e. The molecule has 4 heterocycles. The lowest BCUT2D eigenvalue weighted by atomic mass is 9.80. The number of aliphatic hydroxyl groups excluding tert-OH is 1. The van der Waals surface area contributed by atoms with Gasteiger partial charge in [0.25, 0.3) is 0 Å². The summed E-state index contributed by atoms with van der Waals surface area (Å²) in [6.07, 6.45) is 10.6. The molecule has 2 saturated heterocycles. The molecule has 0 spiro atoms. The molecule has 0 unspecified atom stereocenters. The number of anilines is 3. The minimum atomic E-state index is -0.304. The van der Waals surface area contributed by atoms with Crippen molar-refractivity contribution in [1.29, 1.82) is 0 Å². The summed E-state index contributed by atoms with van der Waals surface area (Å²) in [4.78, 5) is 49.3. The van der Waals surface area contributed by atoms with Crippen molar-refractivity contribution < 1.29 is 19.5 Å². The number of aliphatic hydroxyl groups is 1. The SMILES string of the molecule is Cc1cc2c(cc1N1CCCC1)NC(=O)CCCCCCCCC(=O)N=c1cc(N3CCCC3)c(C)cc1=C1C(=O)C2=C1O. The van der Waals surface area contributed by atoms with Crippen LogP contribution in [-0.2, 0) is 14.4 Å². The molecule has 0 radical (unpaired) electrons. The van der Waals surface area contributed by atoms with Gasteiger partial charge in [0.2, 0.25) is 17.6 Å². The number of benzene rings is 2. The number of carbonyl (C=O) groups is 3. The molecule has 0 aromatic heterocycles. The minimum Gasteiger partial charge on any atom is -0.506 e. The zero-order valence-electron chi connectivity index (χ0n) is 26.1. The molecule has 2 aromatic carbocycles. The summed E-state index contributed by atoms with van der Waals surface area (Å²) in [5.41, 5.74) is 5.49. The number of fused-ring (bicyclic) bond motifs is 11. The summed E-state index contributed by atoms with van der Waals surface area (Å²) in [6.45, 7) is 7.81. The van der Waals surface area contributed by atoms with E-state index in [0.717, 1.165) is 113 Å². The number of aryl methyl sites for hydroxylation is 2. The van der Waals surface area contributed by atoms with Gasteiger partial charge in [-0.05, 0) is 87.8 Å². The van der Waals surface area contributed by atoms with E-state index in [2.05, 4.69) is 20.1 Å². The van der Waals surface area contributed by atoms with Crippen molar-refractivity contribution >= 4 is 45.8 Å². The van der Waals surface area contributed by atoms with Crippen molar-refractivity contribution in [3.8, 4) is 0 Å². The van der Waals surface area contributed by atoms with E-state index in [0.29, 0.717) is 34.7 Å². The zero-order valence-corrected chi connectivity index (χ0v) is 26.1. The highest BCUT2D eigenvalue weighted by molar-refractivity contribution is 6.52. The molecule has 1 aliphatic carbocycles. The first-order valence-corrected chi connectivity index (χ1v) is 16.5. The van der Waals surface area contributed by atoms with Crippen LogP contribution in [0.5, 0.6) is 0 Å². The lowest BCUT2D eigenvalue weighted by Gasteiger charge is -2.27. The third-order valence-corrected chi connectivity index (χ3v) is 9.57. The predicted octanol–water partition coefficient (Wildman–Crippen LogP) is 5.43. The van der Waals surface area contributed by atoms with Crippen LogP contribution in [-0.4, -0.2) is 48.9 Å². The van der Waals surface area contributed by atoms with Crippen molar-refractivity contribution in [2.75, 3.05) is 41.3 Å². The molecule has 2 aromatic rings. The van der Waals surface area contributed by atoms with E-state index in [1.807, 2.05) is 38.1 Å². The fraction of sp³-hybridized carbons (Fsp3) is 0.500. The number of carbonyl (C=O) groups excluding carboxylic acids is 3. The maximum Gasteiger partial charge on any atom is 0.246 e. The van der Waals surface area contributed by atoms with Crippen LogP contribution in [0.15, 0.2) is 35.0 Å². The van der Waals surface area contributed by atoms with Gasteiger partial charge in [0.15, 0.2) is 0 Å². The second-order valence-corrected chi connectivity index (χ2v) is 12.8. The number of hydrogen-bond donors (Lipinski definition) is 2. The summed E-state index contributed by atoms with van der Waals surface area (Å²) in [5, 5.41) is 15.6. The first-order valence-electron chi connectivity index (χ1n) is 16.5. The molecule has 8 heteroatoms. The number of Topliss-reactive ketones (excluding diaryl/α,β-unsaturated/α-hetero) is 1. The van der Waals surface area contributed by atoms with Gasteiger partial charge < -0.3 is 20.2 Å². The van der Waals surface area contributed by atoms with Gasteiger partial charge in [0, 0.05) is 61.2 Å². The molecular weight excluding hydrogens is 552 g/mol. The predicted molar refractivity (Wildman–Crippen MR) is 175 cm³/mol. The average molecular weight is 597 g/mol. The Morgan fingerprint density at radius 3 is 1.89 bits per heavy atom. The molecule has 2 amide bonds. The molecule has 8 nitrogen and oxygen atoms in total. The van der Waals surface area contributed by atoms with Crippen LogP contribution >= 0.6 is 0 Å². The first kappa shape index (κ1) is 30.1. The van der Waals surface area contributed by atoms with Crippen molar-refractivity contribution in [3.63, 3.8) is 0 Å². The minimum absolute atomic E-state index is 0.0868. The summed E-state index contributed by atoms with van der Waals surface area (Å²) < 4.78 is 0. The molecule has 44 heavy (non-hydrogen) atoms. The molecule has 232 valence electrons. The topological polar surface area (TPSA) is 102 Å². The number of allylic oxidation sites excluding steroid dienone is 2. The third kappa shape index (κ3) is 6.04. The molecule has 0 atom stereocenters. The van der Waals surface area contributed by atoms with E-state index in [1.165, 1.54) is 0 Å². The Morgan fingerprint density at radius 2 is 1.25 bits per heavy atom. The number of nitrogens with zero attached hydrogens (tertiary/aromatic N) is 3. The van der Waals surface area contributed by atoms with Crippen molar-refractivity contribution in [3.05, 3.63) is 57.3 Å². The lowest BCUT2D eigenvalue weighted by Crippen LogP contribution is -2.37. The summed E-state index contributed by atoms with van der Waals surface area (Å²) >= 11 is 0. The maximum atomic E-state index is 14.0. The van der Waals surface area contributed by atoms with Crippen molar-refractivity contribution in [2.45, 2.75) is 90.9 Å². The third-order valence-electron chi connectivity index (χ3n) is 9.57. The number of ketones is 1. The van der Waals surface area contributed by atoms with Crippen LogP contribution in [0.4, 0.5) is 17.1 Å². The van der Waals surface area contributed by atoms with E-state index in [-0.39, 0.29) is 34.5 Å².